The molecule has 2 N–H and O–H groups in total. The Morgan fingerprint density at radius 1 is 1.50 bits per heavy atom. The molecular formula is C10H18O2. The molecule has 0 bridgehead atoms. The normalized spacial score (nSPS) is 16.2. The maximum atomic E-state index is 9.55. The van der Waals surface area contributed by atoms with Gasteiger partial charge in [0, 0.05) is 5.92 Å². The SMILES string of the molecule is C=CC(CC)C(O)CCC=CO. The second-order valence-corrected chi connectivity index (χ2v) is 2.84. The quantitative estimate of drug-likeness (QED) is 0.474. The van der Waals surface area contributed by atoms with Gasteiger partial charge in [0.2, 0.25) is 0 Å². The van der Waals surface area contributed by atoms with E-state index < -0.39 is 0 Å². The summed E-state index contributed by atoms with van der Waals surface area (Å²) in [6.45, 7) is 5.68. The second kappa shape index (κ2) is 6.92. The van der Waals surface area contributed by atoms with Crippen LogP contribution in [0.25, 0.3) is 0 Å². The van der Waals surface area contributed by atoms with Gasteiger partial charge in [-0.15, -0.1) is 6.58 Å². The van der Waals surface area contributed by atoms with Crippen molar-refractivity contribution in [1.29, 1.82) is 0 Å². The van der Waals surface area contributed by atoms with E-state index in [4.69, 9.17) is 5.11 Å². The Labute approximate surface area is 74.2 Å². The van der Waals surface area contributed by atoms with E-state index in [0.717, 1.165) is 12.7 Å². The van der Waals surface area contributed by atoms with Crippen molar-refractivity contribution in [2.24, 2.45) is 5.92 Å². The van der Waals surface area contributed by atoms with Crippen LogP contribution in [0.1, 0.15) is 26.2 Å². The highest BCUT2D eigenvalue weighted by Crippen LogP contribution is 2.14. The standard InChI is InChI=1S/C10H18O2/c1-3-9(4-2)10(12)7-5-6-8-11/h3,6,8-12H,1,4-5,7H2,2H3. The topological polar surface area (TPSA) is 40.5 Å². The van der Waals surface area contributed by atoms with Gasteiger partial charge >= 0.3 is 0 Å². The summed E-state index contributed by atoms with van der Waals surface area (Å²) in [5.74, 6) is 0.178. The molecule has 70 valence electrons. The molecule has 0 aromatic heterocycles. The summed E-state index contributed by atoms with van der Waals surface area (Å²) in [7, 11) is 0. The number of allylic oxidation sites excluding steroid dienone is 1. The van der Waals surface area contributed by atoms with Crippen molar-refractivity contribution in [3.8, 4) is 0 Å². The molecule has 0 radical (unpaired) electrons. The van der Waals surface area contributed by atoms with Crippen molar-refractivity contribution < 1.29 is 10.2 Å². The molecule has 0 heterocycles. The van der Waals surface area contributed by atoms with Gasteiger partial charge < -0.3 is 10.2 Å². The lowest BCUT2D eigenvalue weighted by atomic mass is 9.96. The first-order valence-corrected chi connectivity index (χ1v) is 4.36. The summed E-state index contributed by atoms with van der Waals surface area (Å²) >= 11 is 0. The molecule has 2 atom stereocenters. The van der Waals surface area contributed by atoms with Crippen molar-refractivity contribution >= 4 is 0 Å². The van der Waals surface area contributed by atoms with Crippen LogP contribution in [0.2, 0.25) is 0 Å². The molecule has 0 saturated carbocycles. The van der Waals surface area contributed by atoms with Crippen LogP contribution in [0.15, 0.2) is 25.0 Å². The van der Waals surface area contributed by atoms with Gasteiger partial charge in [-0.2, -0.15) is 0 Å². The first-order valence-electron chi connectivity index (χ1n) is 4.36. The molecule has 2 unspecified atom stereocenters. The van der Waals surface area contributed by atoms with Gasteiger partial charge in [-0.3, -0.25) is 0 Å². The van der Waals surface area contributed by atoms with E-state index in [1.807, 2.05) is 6.92 Å². The molecule has 0 aromatic rings. The monoisotopic (exact) mass is 170 g/mol. The Balaban J connectivity index is 3.67. The van der Waals surface area contributed by atoms with Crippen LogP contribution < -0.4 is 0 Å². The third-order valence-electron chi connectivity index (χ3n) is 2.00. The van der Waals surface area contributed by atoms with Gasteiger partial charge in [0.15, 0.2) is 0 Å². The third kappa shape index (κ3) is 4.19. The highest BCUT2D eigenvalue weighted by Gasteiger charge is 2.12. The number of aliphatic hydroxyl groups excluding tert-OH is 2. The maximum absolute atomic E-state index is 9.55. The molecule has 0 aliphatic heterocycles. The van der Waals surface area contributed by atoms with Crippen LogP contribution in [0.3, 0.4) is 0 Å². The predicted molar refractivity (Wildman–Crippen MR) is 51.0 cm³/mol. The van der Waals surface area contributed by atoms with Crippen LogP contribution in [0.5, 0.6) is 0 Å². The van der Waals surface area contributed by atoms with Crippen LogP contribution >= 0.6 is 0 Å². The summed E-state index contributed by atoms with van der Waals surface area (Å²) in [6, 6.07) is 0. The second-order valence-electron chi connectivity index (χ2n) is 2.84. The van der Waals surface area contributed by atoms with Crippen molar-refractivity contribution in [3.63, 3.8) is 0 Å². The largest absolute Gasteiger partial charge is 0.516 e. The van der Waals surface area contributed by atoms with Crippen molar-refractivity contribution in [1.82, 2.24) is 0 Å². The van der Waals surface area contributed by atoms with Gasteiger partial charge in [-0.05, 0) is 19.3 Å². The first-order chi connectivity index (χ1) is 5.76. The molecule has 12 heavy (non-hydrogen) atoms. The molecule has 0 rings (SSSR count). The molecule has 0 aromatic carbocycles. The van der Waals surface area contributed by atoms with E-state index in [9.17, 15) is 5.11 Å². The van der Waals surface area contributed by atoms with Gasteiger partial charge in [0.05, 0.1) is 12.4 Å². The van der Waals surface area contributed by atoms with Crippen LogP contribution in [0.4, 0.5) is 0 Å². The number of hydrogen-bond donors (Lipinski definition) is 2. The lowest BCUT2D eigenvalue weighted by Crippen LogP contribution is -2.17. The molecule has 0 aliphatic carbocycles. The van der Waals surface area contributed by atoms with E-state index in [-0.39, 0.29) is 12.0 Å². The molecule has 2 heteroatoms. The van der Waals surface area contributed by atoms with E-state index in [1.165, 1.54) is 0 Å². The molecular weight excluding hydrogens is 152 g/mol. The zero-order valence-corrected chi connectivity index (χ0v) is 7.61. The van der Waals surface area contributed by atoms with Crippen LogP contribution in [-0.2, 0) is 0 Å². The summed E-state index contributed by atoms with van der Waals surface area (Å²) in [5.41, 5.74) is 0. The molecule has 0 fully saturated rings. The average Bonchev–Trinajstić information content (AvgIpc) is 2.07. The predicted octanol–water partition coefficient (Wildman–Crippen LogP) is 2.41. The molecule has 0 amide bonds. The molecule has 0 spiro atoms. The maximum Gasteiger partial charge on any atom is 0.0751 e. The zero-order valence-electron chi connectivity index (χ0n) is 7.61. The minimum atomic E-state index is -0.330. The van der Waals surface area contributed by atoms with E-state index in [0.29, 0.717) is 12.8 Å². The van der Waals surface area contributed by atoms with Crippen molar-refractivity contribution in [2.45, 2.75) is 32.3 Å². The fourth-order valence-electron chi connectivity index (χ4n) is 1.15. The molecule has 0 aliphatic rings. The van der Waals surface area contributed by atoms with E-state index in [1.54, 1.807) is 12.2 Å². The Morgan fingerprint density at radius 2 is 2.17 bits per heavy atom. The number of aliphatic hydroxyl groups is 2. The van der Waals surface area contributed by atoms with Crippen molar-refractivity contribution in [2.75, 3.05) is 0 Å². The van der Waals surface area contributed by atoms with Gasteiger partial charge in [-0.25, -0.2) is 0 Å². The first kappa shape index (κ1) is 11.2. The lowest BCUT2D eigenvalue weighted by Gasteiger charge is -2.16. The van der Waals surface area contributed by atoms with Gasteiger partial charge in [0.25, 0.3) is 0 Å². The fourth-order valence-corrected chi connectivity index (χ4v) is 1.15. The third-order valence-corrected chi connectivity index (χ3v) is 2.00. The summed E-state index contributed by atoms with van der Waals surface area (Å²) in [6.07, 6.45) is 6.41. The molecule has 2 nitrogen and oxygen atoms in total. The summed E-state index contributed by atoms with van der Waals surface area (Å²) < 4.78 is 0. The lowest BCUT2D eigenvalue weighted by molar-refractivity contribution is 0.120. The van der Waals surface area contributed by atoms with Gasteiger partial charge in [-0.1, -0.05) is 19.1 Å². The van der Waals surface area contributed by atoms with Crippen LogP contribution in [-0.4, -0.2) is 16.3 Å². The Hall–Kier alpha value is -0.760. The Kier molecular flexibility index (Phi) is 6.48. The molecule has 0 saturated heterocycles. The van der Waals surface area contributed by atoms with Gasteiger partial charge in [0.1, 0.15) is 0 Å². The fraction of sp³-hybridized carbons (Fsp3) is 0.600. The Morgan fingerprint density at radius 3 is 2.58 bits per heavy atom. The smallest absolute Gasteiger partial charge is 0.0751 e. The van der Waals surface area contributed by atoms with E-state index >= 15 is 0 Å². The number of rotatable bonds is 6. The highest BCUT2D eigenvalue weighted by molar-refractivity contribution is 4.85. The Bertz CT molecular complexity index is 141. The minimum absolute atomic E-state index is 0.178. The van der Waals surface area contributed by atoms with Crippen LogP contribution in [0, 0.1) is 5.92 Å². The van der Waals surface area contributed by atoms with E-state index in [2.05, 4.69) is 6.58 Å². The summed E-state index contributed by atoms with van der Waals surface area (Å²) in [5, 5.41) is 17.9. The zero-order chi connectivity index (χ0) is 9.40. The number of hydrogen-bond acceptors (Lipinski definition) is 2. The van der Waals surface area contributed by atoms with Crippen molar-refractivity contribution in [3.05, 3.63) is 25.0 Å². The average molecular weight is 170 g/mol. The summed E-state index contributed by atoms with van der Waals surface area (Å²) in [4.78, 5) is 0. The highest BCUT2D eigenvalue weighted by atomic mass is 16.3. The minimum Gasteiger partial charge on any atom is -0.516 e.